The van der Waals surface area contributed by atoms with Gasteiger partial charge in [0.05, 0.1) is 17.8 Å². The summed E-state index contributed by atoms with van der Waals surface area (Å²) in [6, 6.07) is 6.14. The van der Waals surface area contributed by atoms with Crippen LogP contribution in [0.25, 0.3) is 0 Å². The van der Waals surface area contributed by atoms with Gasteiger partial charge in [0.25, 0.3) is 0 Å². The van der Waals surface area contributed by atoms with Crippen molar-refractivity contribution in [3.63, 3.8) is 0 Å². The first-order valence-electron chi connectivity index (χ1n) is 7.71. The number of benzene rings is 1. The number of aryl methyl sites for hydroxylation is 1. The Morgan fingerprint density at radius 1 is 1.10 bits per heavy atom. The predicted molar refractivity (Wildman–Crippen MR) is 87.2 cm³/mol. The van der Waals surface area contributed by atoms with E-state index in [1.165, 1.54) is 0 Å². The predicted octanol–water partition coefficient (Wildman–Crippen LogP) is 3.33. The van der Waals surface area contributed by atoms with Gasteiger partial charge in [0.1, 0.15) is 5.75 Å². The highest BCUT2D eigenvalue weighted by Gasteiger charge is 2.51. The number of rotatable bonds is 4. The topological polar surface area (TPSA) is 27.7 Å². The molecule has 0 N–H and O–H groups in total. The van der Waals surface area contributed by atoms with Crippen LogP contribution >= 0.6 is 0 Å². The lowest BCUT2D eigenvalue weighted by molar-refractivity contribution is 0.00578. The average molecular weight is 290 g/mol. The molecular weight excluding hydrogens is 263 g/mol. The highest BCUT2D eigenvalue weighted by Crippen LogP contribution is 2.36. The zero-order valence-corrected chi connectivity index (χ0v) is 14.3. The molecule has 1 heterocycles. The molecular formula is C17H27BO3. The van der Waals surface area contributed by atoms with Crippen LogP contribution in [-0.4, -0.2) is 24.9 Å². The number of hydrogen-bond donors (Lipinski definition) is 0. The summed E-state index contributed by atoms with van der Waals surface area (Å²) in [6.07, 6.45) is 0. The van der Waals surface area contributed by atoms with Crippen LogP contribution in [0, 0.1) is 12.8 Å². The van der Waals surface area contributed by atoms with E-state index >= 15 is 0 Å². The van der Waals surface area contributed by atoms with Crippen molar-refractivity contribution in [2.45, 2.75) is 59.7 Å². The molecule has 1 fully saturated rings. The Kier molecular flexibility index (Phi) is 4.41. The Morgan fingerprint density at radius 2 is 1.67 bits per heavy atom. The third kappa shape index (κ3) is 3.43. The lowest BCUT2D eigenvalue weighted by Crippen LogP contribution is -2.41. The molecule has 1 aromatic rings. The van der Waals surface area contributed by atoms with Gasteiger partial charge in [0.2, 0.25) is 0 Å². The highest BCUT2D eigenvalue weighted by molar-refractivity contribution is 6.62. The van der Waals surface area contributed by atoms with Crippen LogP contribution in [0.1, 0.15) is 47.1 Å². The van der Waals surface area contributed by atoms with Crippen molar-refractivity contribution in [2.75, 3.05) is 6.61 Å². The molecule has 1 aliphatic rings. The van der Waals surface area contributed by atoms with Crippen LogP contribution in [0.4, 0.5) is 0 Å². The first-order chi connectivity index (χ1) is 9.62. The quantitative estimate of drug-likeness (QED) is 0.796. The van der Waals surface area contributed by atoms with Gasteiger partial charge in [-0.1, -0.05) is 26.0 Å². The molecule has 3 nitrogen and oxygen atoms in total. The van der Waals surface area contributed by atoms with Crippen molar-refractivity contribution >= 4 is 12.6 Å². The van der Waals surface area contributed by atoms with Crippen LogP contribution in [0.15, 0.2) is 18.2 Å². The zero-order valence-electron chi connectivity index (χ0n) is 14.3. The molecule has 0 radical (unpaired) electrons. The molecule has 1 saturated heterocycles. The van der Waals surface area contributed by atoms with Crippen molar-refractivity contribution < 1.29 is 14.0 Å². The monoisotopic (exact) mass is 290 g/mol. The van der Waals surface area contributed by atoms with E-state index in [0.717, 1.165) is 23.4 Å². The minimum atomic E-state index is -0.312. The molecule has 1 aliphatic heterocycles. The maximum Gasteiger partial charge on any atom is 0.494 e. The molecule has 0 aromatic heterocycles. The fourth-order valence-electron chi connectivity index (χ4n) is 2.22. The highest BCUT2D eigenvalue weighted by atomic mass is 16.7. The van der Waals surface area contributed by atoms with E-state index in [9.17, 15) is 0 Å². The molecule has 21 heavy (non-hydrogen) atoms. The third-order valence-electron chi connectivity index (χ3n) is 4.30. The van der Waals surface area contributed by atoms with Crippen LogP contribution < -0.4 is 10.2 Å². The summed E-state index contributed by atoms with van der Waals surface area (Å²) in [4.78, 5) is 0. The first kappa shape index (κ1) is 16.4. The second kappa shape index (κ2) is 5.66. The summed E-state index contributed by atoms with van der Waals surface area (Å²) in [6.45, 7) is 15.4. The molecule has 0 atom stereocenters. The largest absolute Gasteiger partial charge is 0.494 e. The van der Waals surface area contributed by atoms with Gasteiger partial charge in [-0.3, -0.25) is 0 Å². The van der Waals surface area contributed by atoms with E-state index in [2.05, 4.69) is 54.5 Å². The van der Waals surface area contributed by atoms with E-state index in [-0.39, 0.29) is 18.3 Å². The Balaban J connectivity index is 2.14. The van der Waals surface area contributed by atoms with E-state index in [4.69, 9.17) is 14.0 Å². The van der Waals surface area contributed by atoms with E-state index in [1.807, 2.05) is 12.1 Å². The number of hydrogen-bond acceptors (Lipinski definition) is 3. The average Bonchev–Trinajstić information content (AvgIpc) is 2.56. The Hall–Kier alpha value is -0.995. The summed E-state index contributed by atoms with van der Waals surface area (Å²) < 4.78 is 18.0. The summed E-state index contributed by atoms with van der Waals surface area (Å²) in [7, 11) is -0.312. The van der Waals surface area contributed by atoms with Crippen LogP contribution in [0.2, 0.25) is 0 Å². The molecule has 0 spiro atoms. The molecule has 4 heteroatoms. The lowest BCUT2D eigenvalue weighted by atomic mass is 9.78. The summed E-state index contributed by atoms with van der Waals surface area (Å²) >= 11 is 0. The van der Waals surface area contributed by atoms with Gasteiger partial charge in [-0.2, -0.15) is 0 Å². The van der Waals surface area contributed by atoms with E-state index < -0.39 is 0 Å². The van der Waals surface area contributed by atoms with Gasteiger partial charge in [-0.25, -0.2) is 0 Å². The Bertz CT molecular complexity index is 493. The third-order valence-corrected chi connectivity index (χ3v) is 4.30. The minimum absolute atomic E-state index is 0.307. The van der Waals surface area contributed by atoms with E-state index in [0.29, 0.717) is 5.92 Å². The van der Waals surface area contributed by atoms with Crippen molar-refractivity contribution in [3.8, 4) is 5.75 Å². The van der Waals surface area contributed by atoms with Gasteiger partial charge in [-0.05, 0) is 57.6 Å². The molecule has 0 saturated carbocycles. The molecule has 0 amide bonds. The SMILES string of the molecule is Cc1cc(B2OC(C)(C)C(C)(C)O2)ccc1OCC(C)C. The van der Waals surface area contributed by atoms with Crippen molar-refractivity contribution in [2.24, 2.45) is 5.92 Å². The molecule has 0 bridgehead atoms. The van der Waals surface area contributed by atoms with E-state index in [1.54, 1.807) is 0 Å². The van der Waals surface area contributed by atoms with Crippen LogP contribution in [0.3, 0.4) is 0 Å². The summed E-state index contributed by atoms with van der Waals surface area (Å²) in [5.74, 6) is 1.45. The van der Waals surface area contributed by atoms with Gasteiger partial charge in [0.15, 0.2) is 0 Å². The fourth-order valence-corrected chi connectivity index (χ4v) is 2.22. The molecule has 0 aliphatic carbocycles. The maximum absolute atomic E-state index is 6.08. The summed E-state index contributed by atoms with van der Waals surface area (Å²) in [5, 5.41) is 0. The van der Waals surface area contributed by atoms with Crippen molar-refractivity contribution in [1.82, 2.24) is 0 Å². The van der Waals surface area contributed by atoms with Gasteiger partial charge < -0.3 is 14.0 Å². The fraction of sp³-hybridized carbons (Fsp3) is 0.647. The normalized spacial score (nSPS) is 20.1. The maximum atomic E-state index is 6.08. The lowest BCUT2D eigenvalue weighted by Gasteiger charge is -2.32. The molecule has 2 rings (SSSR count). The first-order valence-corrected chi connectivity index (χ1v) is 7.71. The second-order valence-corrected chi connectivity index (χ2v) is 7.32. The Labute approximate surface area is 129 Å². The van der Waals surface area contributed by atoms with Crippen LogP contribution in [0.5, 0.6) is 5.75 Å². The van der Waals surface area contributed by atoms with Crippen molar-refractivity contribution in [1.29, 1.82) is 0 Å². The Morgan fingerprint density at radius 3 is 2.14 bits per heavy atom. The second-order valence-electron chi connectivity index (χ2n) is 7.32. The number of ether oxygens (including phenoxy) is 1. The standard InChI is InChI=1S/C17H27BO3/c1-12(2)11-19-15-9-8-14(10-13(15)3)18-20-16(4,5)17(6,7)21-18/h8-10,12H,11H2,1-7H3. The molecule has 116 valence electrons. The van der Waals surface area contributed by atoms with Crippen LogP contribution in [-0.2, 0) is 9.31 Å². The van der Waals surface area contributed by atoms with Gasteiger partial charge in [0, 0.05) is 0 Å². The van der Waals surface area contributed by atoms with Crippen molar-refractivity contribution in [3.05, 3.63) is 23.8 Å². The smallest absolute Gasteiger partial charge is 0.493 e. The minimum Gasteiger partial charge on any atom is -0.493 e. The molecule has 0 unspecified atom stereocenters. The van der Waals surface area contributed by atoms with Gasteiger partial charge >= 0.3 is 7.12 Å². The zero-order chi connectivity index (χ0) is 15.8. The molecule has 1 aromatic carbocycles. The summed E-state index contributed by atoms with van der Waals surface area (Å²) in [5.41, 5.74) is 1.54. The van der Waals surface area contributed by atoms with Gasteiger partial charge in [-0.15, -0.1) is 0 Å².